The monoisotopic (exact) mass is 324 g/mol. The Bertz CT molecular complexity index is 880. The minimum absolute atomic E-state index is 0.313. The SMILES string of the molecule is N=Cc1ncc(-c2ccccc2F)cc1NCc1cncc(F)c1. The number of hydrogen-bond acceptors (Lipinski definition) is 4. The lowest BCUT2D eigenvalue weighted by Gasteiger charge is -2.11. The maximum Gasteiger partial charge on any atom is 0.141 e. The van der Waals surface area contributed by atoms with Crippen LogP contribution in [0.15, 0.2) is 55.0 Å². The molecule has 3 rings (SSSR count). The van der Waals surface area contributed by atoms with Crippen LogP contribution >= 0.6 is 0 Å². The summed E-state index contributed by atoms with van der Waals surface area (Å²) in [6.45, 7) is 0.313. The van der Waals surface area contributed by atoms with Gasteiger partial charge in [0.2, 0.25) is 0 Å². The molecule has 0 atom stereocenters. The van der Waals surface area contributed by atoms with Crippen molar-refractivity contribution in [1.82, 2.24) is 9.97 Å². The average Bonchev–Trinajstić information content (AvgIpc) is 2.60. The van der Waals surface area contributed by atoms with Crippen molar-refractivity contribution < 1.29 is 8.78 Å². The number of pyridine rings is 2. The molecule has 0 spiro atoms. The van der Waals surface area contributed by atoms with E-state index in [9.17, 15) is 8.78 Å². The zero-order valence-corrected chi connectivity index (χ0v) is 12.6. The zero-order chi connectivity index (χ0) is 16.9. The molecular weight excluding hydrogens is 310 g/mol. The molecule has 0 aliphatic heterocycles. The molecule has 2 N–H and O–H groups in total. The third kappa shape index (κ3) is 3.43. The number of nitrogens with one attached hydrogen (secondary N) is 2. The molecule has 120 valence electrons. The molecule has 2 heterocycles. The van der Waals surface area contributed by atoms with Gasteiger partial charge in [-0.2, -0.15) is 0 Å². The summed E-state index contributed by atoms with van der Waals surface area (Å²) < 4.78 is 27.1. The van der Waals surface area contributed by atoms with Gasteiger partial charge in [-0.25, -0.2) is 8.78 Å². The average molecular weight is 324 g/mol. The summed E-state index contributed by atoms with van der Waals surface area (Å²) in [6, 6.07) is 9.50. The molecule has 0 saturated heterocycles. The molecule has 0 fully saturated rings. The molecule has 0 radical (unpaired) electrons. The van der Waals surface area contributed by atoms with Crippen LogP contribution in [0.2, 0.25) is 0 Å². The number of aromatic nitrogens is 2. The van der Waals surface area contributed by atoms with E-state index in [0.717, 1.165) is 12.4 Å². The van der Waals surface area contributed by atoms with Gasteiger partial charge in [0.15, 0.2) is 0 Å². The topological polar surface area (TPSA) is 61.7 Å². The molecule has 3 aromatic rings. The van der Waals surface area contributed by atoms with Crippen molar-refractivity contribution in [1.29, 1.82) is 5.41 Å². The number of anilines is 1. The number of hydrogen-bond donors (Lipinski definition) is 2. The van der Waals surface area contributed by atoms with Crippen molar-refractivity contribution >= 4 is 11.9 Å². The van der Waals surface area contributed by atoms with Gasteiger partial charge in [-0.05, 0) is 23.8 Å². The van der Waals surface area contributed by atoms with Gasteiger partial charge < -0.3 is 10.7 Å². The second kappa shape index (κ2) is 6.95. The van der Waals surface area contributed by atoms with Crippen LogP contribution in [0, 0.1) is 17.0 Å². The molecule has 2 aromatic heterocycles. The Morgan fingerprint density at radius 3 is 2.67 bits per heavy atom. The minimum atomic E-state index is -0.417. The molecule has 0 amide bonds. The third-order valence-corrected chi connectivity index (χ3v) is 3.48. The highest BCUT2D eigenvalue weighted by atomic mass is 19.1. The predicted molar refractivity (Wildman–Crippen MR) is 89.0 cm³/mol. The Labute approximate surface area is 137 Å². The predicted octanol–water partition coefficient (Wildman–Crippen LogP) is 4.03. The van der Waals surface area contributed by atoms with Crippen LogP contribution in [0.25, 0.3) is 11.1 Å². The second-order valence-electron chi connectivity index (χ2n) is 5.15. The van der Waals surface area contributed by atoms with Gasteiger partial charge in [-0.15, -0.1) is 0 Å². The number of halogens is 2. The van der Waals surface area contributed by atoms with Crippen molar-refractivity contribution in [3.63, 3.8) is 0 Å². The van der Waals surface area contributed by atoms with Crippen LogP contribution in [0.4, 0.5) is 14.5 Å². The van der Waals surface area contributed by atoms with Crippen LogP contribution in [0.3, 0.4) is 0 Å². The Hall–Kier alpha value is -3.15. The number of rotatable bonds is 5. The summed E-state index contributed by atoms with van der Waals surface area (Å²) >= 11 is 0. The Morgan fingerprint density at radius 2 is 1.92 bits per heavy atom. The van der Waals surface area contributed by atoms with Crippen molar-refractivity contribution in [2.45, 2.75) is 6.54 Å². The Kier molecular flexibility index (Phi) is 4.56. The van der Waals surface area contributed by atoms with Crippen LogP contribution in [0.5, 0.6) is 0 Å². The first kappa shape index (κ1) is 15.7. The molecule has 0 bridgehead atoms. The van der Waals surface area contributed by atoms with Crippen LogP contribution < -0.4 is 5.32 Å². The van der Waals surface area contributed by atoms with Gasteiger partial charge in [0.05, 0.1) is 11.9 Å². The summed E-state index contributed by atoms with van der Waals surface area (Å²) in [7, 11) is 0. The molecule has 1 aromatic carbocycles. The normalized spacial score (nSPS) is 10.4. The summed E-state index contributed by atoms with van der Waals surface area (Å²) in [6.07, 6.45) is 5.31. The molecule has 6 heteroatoms. The Morgan fingerprint density at radius 1 is 1.08 bits per heavy atom. The molecule has 0 aliphatic carbocycles. The van der Waals surface area contributed by atoms with Crippen molar-refractivity contribution in [3.05, 3.63) is 77.9 Å². The van der Waals surface area contributed by atoms with Crippen molar-refractivity contribution in [3.8, 4) is 11.1 Å². The molecule has 24 heavy (non-hydrogen) atoms. The van der Waals surface area contributed by atoms with E-state index in [1.807, 2.05) is 0 Å². The van der Waals surface area contributed by atoms with Crippen LogP contribution in [-0.2, 0) is 6.54 Å². The smallest absolute Gasteiger partial charge is 0.141 e. The van der Waals surface area contributed by atoms with Gasteiger partial charge in [-0.1, -0.05) is 18.2 Å². The standard InChI is InChI=1S/C18H14F2N4/c19-14-5-12(8-22-11-14)9-23-17-6-13(10-24-18(17)7-21)15-3-1-2-4-16(15)20/h1-8,10-11,21,23H,9H2. The van der Waals surface area contributed by atoms with Crippen molar-refractivity contribution in [2.75, 3.05) is 5.32 Å². The lowest BCUT2D eigenvalue weighted by molar-refractivity contribution is 0.619. The molecular formula is C18H14F2N4. The lowest BCUT2D eigenvalue weighted by atomic mass is 10.1. The van der Waals surface area contributed by atoms with Gasteiger partial charge in [0, 0.05) is 36.3 Å². The first-order valence-electron chi connectivity index (χ1n) is 7.26. The fraction of sp³-hybridized carbons (Fsp3) is 0.0556. The first-order chi connectivity index (χ1) is 11.7. The van der Waals surface area contributed by atoms with E-state index in [1.165, 1.54) is 18.3 Å². The van der Waals surface area contributed by atoms with E-state index in [2.05, 4.69) is 15.3 Å². The van der Waals surface area contributed by atoms with E-state index in [-0.39, 0.29) is 5.82 Å². The highest BCUT2D eigenvalue weighted by molar-refractivity contribution is 5.85. The summed E-state index contributed by atoms with van der Waals surface area (Å²) in [5.74, 6) is -0.762. The highest BCUT2D eigenvalue weighted by Gasteiger charge is 2.09. The van der Waals surface area contributed by atoms with Gasteiger partial charge in [0.1, 0.15) is 17.3 Å². The summed E-state index contributed by atoms with van der Waals surface area (Å²) in [4.78, 5) is 7.97. The Balaban J connectivity index is 1.90. The van der Waals surface area contributed by atoms with Crippen LogP contribution in [-0.4, -0.2) is 16.2 Å². The molecule has 4 nitrogen and oxygen atoms in total. The van der Waals surface area contributed by atoms with E-state index < -0.39 is 5.82 Å². The van der Waals surface area contributed by atoms with Crippen molar-refractivity contribution in [2.24, 2.45) is 0 Å². The highest BCUT2D eigenvalue weighted by Crippen LogP contribution is 2.26. The largest absolute Gasteiger partial charge is 0.379 e. The van der Waals surface area contributed by atoms with E-state index in [1.54, 1.807) is 30.5 Å². The lowest BCUT2D eigenvalue weighted by Crippen LogP contribution is -2.05. The molecule has 0 unspecified atom stereocenters. The zero-order valence-electron chi connectivity index (χ0n) is 12.6. The fourth-order valence-corrected chi connectivity index (χ4v) is 2.32. The number of benzene rings is 1. The van der Waals surface area contributed by atoms with E-state index in [4.69, 9.17) is 5.41 Å². The van der Waals surface area contributed by atoms with Crippen LogP contribution in [0.1, 0.15) is 11.3 Å². The quantitative estimate of drug-likeness (QED) is 0.697. The van der Waals surface area contributed by atoms with E-state index in [0.29, 0.717) is 34.6 Å². The van der Waals surface area contributed by atoms with E-state index >= 15 is 0 Å². The summed E-state index contributed by atoms with van der Waals surface area (Å²) in [5, 5.41) is 10.5. The van der Waals surface area contributed by atoms with Gasteiger partial charge in [-0.3, -0.25) is 9.97 Å². The fourth-order valence-electron chi connectivity index (χ4n) is 2.32. The second-order valence-corrected chi connectivity index (χ2v) is 5.15. The summed E-state index contributed by atoms with van der Waals surface area (Å²) in [5.41, 5.74) is 2.66. The van der Waals surface area contributed by atoms with Gasteiger partial charge in [0.25, 0.3) is 0 Å². The maximum absolute atomic E-state index is 13.9. The third-order valence-electron chi connectivity index (χ3n) is 3.48. The first-order valence-corrected chi connectivity index (χ1v) is 7.26. The van der Waals surface area contributed by atoms with Gasteiger partial charge >= 0.3 is 0 Å². The molecule has 0 aliphatic rings. The number of nitrogens with zero attached hydrogens (tertiary/aromatic N) is 2. The minimum Gasteiger partial charge on any atom is -0.379 e. The molecule has 0 saturated carbocycles. The maximum atomic E-state index is 13.9.